The second-order valence-electron chi connectivity index (χ2n) is 7.74. The highest BCUT2D eigenvalue weighted by Crippen LogP contribution is 2.37. The number of hydrogen-bond donors (Lipinski definition) is 1. The fraction of sp³-hybridized carbons (Fsp3) is 0.280. The van der Waals surface area contributed by atoms with Crippen LogP contribution in [0, 0.1) is 22.7 Å². The van der Waals surface area contributed by atoms with Crippen LogP contribution >= 0.6 is 11.3 Å². The van der Waals surface area contributed by atoms with Gasteiger partial charge in [-0.1, -0.05) is 23.5 Å². The molecule has 0 bridgehead atoms. The van der Waals surface area contributed by atoms with Gasteiger partial charge in [-0.25, -0.2) is 4.98 Å². The SMILES string of the molecule is CCOc1ncc(C(c2ccc(C#N)cc2)N2CC[C@@H](NC(=O)c3ccc(C#N)cc3)C2)s1. The smallest absolute Gasteiger partial charge is 0.273 e. The Morgan fingerprint density at radius 3 is 2.48 bits per heavy atom. The molecule has 2 heterocycles. The number of thiazole rings is 1. The summed E-state index contributed by atoms with van der Waals surface area (Å²) in [5.74, 6) is -0.141. The first-order chi connectivity index (χ1) is 16.1. The normalized spacial score (nSPS) is 16.5. The van der Waals surface area contributed by atoms with Crippen molar-refractivity contribution >= 4 is 17.2 Å². The van der Waals surface area contributed by atoms with Crippen molar-refractivity contribution in [1.29, 1.82) is 10.5 Å². The zero-order valence-electron chi connectivity index (χ0n) is 18.2. The Labute approximate surface area is 196 Å². The zero-order chi connectivity index (χ0) is 23.2. The van der Waals surface area contributed by atoms with Gasteiger partial charge in [0.2, 0.25) is 0 Å². The van der Waals surface area contributed by atoms with E-state index in [-0.39, 0.29) is 18.0 Å². The largest absolute Gasteiger partial charge is 0.470 e. The Bertz CT molecular complexity index is 1190. The Kier molecular flexibility index (Phi) is 6.99. The first-order valence-electron chi connectivity index (χ1n) is 10.7. The average molecular weight is 458 g/mol. The van der Waals surface area contributed by atoms with E-state index in [1.807, 2.05) is 37.4 Å². The van der Waals surface area contributed by atoms with Crippen molar-refractivity contribution < 1.29 is 9.53 Å². The summed E-state index contributed by atoms with van der Waals surface area (Å²) in [6, 6.07) is 18.5. The van der Waals surface area contributed by atoms with E-state index in [2.05, 4.69) is 27.3 Å². The molecule has 0 saturated carbocycles. The second kappa shape index (κ2) is 10.3. The van der Waals surface area contributed by atoms with Gasteiger partial charge in [0.25, 0.3) is 11.1 Å². The number of aromatic nitrogens is 1. The summed E-state index contributed by atoms with van der Waals surface area (Å²) in [5.41, 5.74) is 2.75. The maximum atomic E-state index is 12.7. The summed E-state index contributed by atoms with van der Waals surface area (Å²) in [7, 11) is 0. The molecule has 166 valence electrons. The molecule has 1 aromatic heterocycles. The van der Waals surface area contributed by atoms with Crippen LogP contribution in [0.5, 0.6) is 5.19 Å². The predicted octanol–water partition coefficient (Wildman–Crippen LogP) is 3.88. The summed E-state index contributed by atoms with van der Waals surface area (Å²) in [6.45, 7) is 3.99. The molecule has 1 saturated heterocycles. The predicted molar refractivity (Wildman–Crippen MR) is 125 cm³/mol. The number of amides is 1. The monoisotopic (exact) mass is 457 g/mol. The maximum absolute atomic E-state index is 12.7. The molecule has 33 heavy (non-hydrogen) atoms. The Morgan fingerprint density at radius 2 is 1.85 bits per heavy atom. The van der Waals surface area contributed by atoms with Crippen molar-refractivity contribution in [3.63, 3.8) is 0 Å². The van der Waals surface area contributed by atoms with Gasteiger partial charge < -0.3 is 10.1 Å². The van der Waals surface area contributed by atoms with Crippen LogP contribution in [0.2, 0.25) is 0 Å². The van der Waals surface area contributed by atoms with Crippen molar-refractivity contribution in [2.45, 2.75) is 25.4 Å². The van der Waals surface area contributed by atoms with Crippen LogP contribution in [0.1, 0.15) is 51.3 Å². The van der Waals surface area contributed by atoms with Crippen LogP contribution in [0.3, 0.4) is 0 Å². The molecule has 1 amide bonds. The molecule has 1 unspecified atom stereocenters. The molecule has 4 rings (SSSR count). The van der Waals surface area contributed by atoms with Crippen molar-refractivity contribution in [3.8, 4) is 17.3 Å². The van der Waals surface area contributed by atoms with Gasteiger partial charge in [0.1, 0.15) is 0 Å². The molecule has 0 spiro atoms. The molecule has 1 N–H and O–H groups in total. The van der Waals surface area contributed by atoms with E-state index in [1.54, 1.807) is 24.3 Å². The van der Waals surface area contributed by atoms with E-state index in [0.717, 1.165) is 23.4 Å². The fourth-order valence-electron chi connectivity index (χ4n) is 3.99. The van der Waals surface area contributed by atoms with Gasteiger partial charge in [0.05, 0.1) is 35.9 Å². The number of carbonyl (C=O) groups excluding carboxylic acids is 1. The number of hydrogen-bond acceptors (Lipinski definition) is 7. The molecule has 0 aliphatic carbocycles. The van der Waals surface area contributed by atoms with Crippen molar-refractivity contribution in [2.75, 3.05) is 19.7 Å². The molecule has 3 aromatic rings. The van der Waals surface area contributed by atoms with Gasteiger partial charge >= 0.3 is 0 Å². The summed E-state index contributed by atoms with van der Waals surface area (Å²) >= 11 is 1.52. The summed E-state index contributed by atoms with van der Waals surface area (Å²) < 4.78 is 5.58. The van der Waals surface area contributed by atoms with Crippen molar-refractivity contribution in [1.82, 2.24) is 15.2 Å². The van der Waals surface area contributed by atoms with Gasteiger partial charge in [0, 0.05) is 35.8 Å². The number of benzene rings is 2. The minimum atomic E-state index is -0.141. The standard InChI is InChI=1S/C25H23N5O2S/c1-2-32-25-28-15-22(33-25)23(19-7-3-17(13-26)4-8-19)30-12-11-21(16-30)29-24(31)20-9-5-18(14-27)6-10-20/h3-10,15,21,23H,2,11-12,16H2,1H3,(H,29,31)/t21-,23?/m1/s1. The number of carbonyl (C=O) groups is 1. The lowest BCUT2D eigenvalue weighted by Gasteiger charge is -2.27. The van der Waals surface area contributed by atoms with E-state index >= 15 is 0 Å². The number of nitrogens with zero attached hydrogens (tertiary/aromatic N) is 4. The van der Waals surface area contributed by atoms with Crippen LogP contribution in [0.25, 0.3) is 0 Å². The van der Waals surface area contributed by atoms with Crippen LogP contribution in [-0.2, 0) is 0 Å². The highest BCUT2D eigenvalue weighted by atomic mass is 32.1. The lowest BCUT2D eigenvalue weighted by atomic mass is 10.0. The van der Waals surface area contributed by atoms with E-state index in [0.29, 0.717) is 35.0 Å². The minimum absolute atomic E-state index is 0.00769. The molecular weight excluding hydrogens is 434 g/mol. The van der Waals surface area contributed by atoms with Crippen LogP contribution in [0.4, 0.5) is 0 Å². The molecule has 0 radical (unpaired) electrons. The van der Waals surface area contributed by atoms with Crippen LogP contribution in [-0.4, -0.2) is 41.5 Å². The quantitative estimate of drug-likeness (QED) is 0.578. The molecule has 1 aliphatic heterocycles. The van der Waals surface area contributed by atoms with Gasteiger partial charge in [-0.2, -0.15) is 10.5 Å². The molecule has 2 atom stereocenters. The van der Waals surface area contributed by atoms with Gasteiger partial charge in [-0.3, -0.25) is 9.69 Å². The van der Waals surface area contributed by atoms with E-state index < -0.39 is 0 Å². The highest BCUT2D eigenvalue weighted by Gasteiger charge is 2.32. The van der Waals surface area contributed by atoms with Gasteiger partial charge in [0.15, 0.2) is 0 Å². The van der Waals surface area contributed by atoms with Gasteiger partial charge in [-0.05, 0) is 55.3 Å². The number of nitrogens with one attached hydrogen (secondary N) is 1. The number of nitriles is 2. The lowest BCUT2D eigenvalue weighted by Crippen LogP contribution is -2.38. The van der Waals surface area contributed by atoms with Gasteiger partial charge in [-0.15, -0.1) is 0 Å². The first kappa shape index (κ1) is 22.5. The van der Waals surface area contributed by atoms with Crippen molar-refractivity contribution in [3.05, 3.63) is 81.9 Å². The van der Waals surface area contributed by atoms with Crippen molar-refractivity contribution in [2.24, 2.45) is 0 Å². The Morgan fingerprint density at radius 1 is 1.18 bits per heavy atom. The number of ether oxygens (including phenoxy) is 1. The third-order valence-corrected chi connectivity index (χ3v) is 6.55. The summed E-state index contributed by atoms with van der Waals surface area (Å²) in [4.78, 5) is 20.5. The molecule has 1 fully saturated rings. The topological polar surface area (TPSA) is 102 Å². The molecule has 7 nitrogen and oxygen atoms in total. The average Bonchev–Trinajstić information content (AvgIpc) is 3.50. The second-order valence-corrected chi connectivity index (χ2v) is 8.77. The lowest BCUT2D eigenvalue weighted by molar-refractivity contribution is 0.0937. The highest BCUT2D eigenvalue weighted by molar-refractivity contribution is 7.13. The molecule has 8 heteroatoms. The number of likely N-dealkylation sites (tertiary alicyclic amines) is 1. The Hall–Kier alpha value is -3.72. The third kappa shape index (κ3) is 5.20. The summed E-state index contributed by atoms with van der Waals surface area (Å²) in [5, 5.41) is 21.9. The third-order valence-electron chi connectivity index (χ3n) is 5.59. The summed E-state index contributed by atoms with van der Waals surface area (Å²) in [6.07, 6.45) is 2.67. The van der Waals surface area contributed by atoms with Crippen LogP contribution < -0.4 is 10.1 Å². The van der Waals surface area contributed by atoms with E-state index in [9.17, 15) is 4.79 Å². The maximum Gasteiger partial charge on any atom is 0.273 e. The molecule has 1 aliphatic rings. The van der Waals surface area contributed by atoms with Crippen LogP contribution in [0.15, 0.2) is 54.7 Å². The number of rotatable bonds is 7. The Balaban J connectivity index is 1.51. The fourth-order valence-corrected chi connectivity index (χ4v) is 4.97. The molecule has 2 aromatic carbocycles. The first-order valence-corrected chi connectivity index (χ1v) is 11.6. The van der Waals surface area contributed by atoms with E-state index in [4.69, 9.17) is 15.3 Å². The molecular formula is C25H23N5O2S. The zero-order valence-corrected chi connectivity index (χ0v) is 19.0. The van der Waals surface area contributed by atoms with E-state index in [1.165, 1.54) is 11.3 Å². The minimum Gasteiger partial charge on any atom is -0.470 e.